The molecule has 2 N–H and O–H groups in total. The van der Waals surface area contributed by atoms with Crippen LogP contribution in [-0.4, -0.2) is 55.9 Å². The van der Waals surface area contributed by atoms with E-state index in [0.717, 1.165) is 62.1 Å². The SMILES string of the molecule is CC(=O)CCNc1cc(OCC(=O)N2CCC(C3CCNCC3)CC2)ccc1C. The minimum atomic E-state index is 0.0698. The van der Waals surface area contributed by atoms with Crippen LogP contribution in [0.25, 0.3) is 0 Å². The van der Waals surface area contributed by atoms with Gasteiger partial charge in [0.15, 0.2) is 6.61 Å². The zero-order chi connectivity index (χ0) is 20.6. The highest BCUT2D eigenvalue weighted by molar-refractivity contribution is 5.78. The van der Waals surface area contributed by atoms with Crippen LogP contribution in [0.4, 0.5) is 5.69 Å². The average molecular weight is 402 g/mol. The molecule has 1 aromatic carbocycles. The Morgan fingerprint density at radius 1 is 1.14 bits per heavy atom. The fourth-order valence-corrected chi connectivity index (χ4v) is 4.43. The third-order valence-electron chi connectivity index (χ3n) is 6.31. The number of hydrogen-bond donors (Lipinski definition) is 2. The number of piperidine rings is 2. The second-order valence-corrected chi connectivity index (χ2v) is 8.45. The summed E-state index contributed by atoms with van der Waals surface area (Å²) in [5.74, 6) is 2.51. The van der Waals surface area contributed by atoms with Crippen LogP contribution >= 0.6 is 0 Å². The Kier molecular flexibility index (Phi) is 7.92. The molecule has 2 saturated heterocycles. The predicted octanol–water partition coefficient (Wildman–Crippen LogP) is 3.00. The summed E-state index contributed by atoms with van der Waals surface area (Å²) in [7, 11) is 0. The Balaban J connectivity index is 1.44. The molecule has 2 aliphatic heterocycles. The van der Waals surface area contributed by atoms with Gasteiger partial charge in [0.2, 0.25) is 0 Å². The summed E-state index contributed by atoms with van der Waals surface area (Å²) in [5.41, 5.74) is 2.03. The van der Waals surface area contributed by atoms with Gasteiger partial charge in [0.25, 0.3) is 5.91 Å². The molecule has 2 aliphatic rings. The van der Waals surface area contributed by atoms with Gasteiger partial charge in [-0.3, -0.25) is 9.59 Å². The van der Waals surface area contributed by atoms with E-state index in [1.165, 1.54) is 12.8 Å². The quantitative estimate of drug-likeness (QED) is 0.701. The Morgan fingerprint density at radius 3 is 2.52 bits per heavy atom. The van der Waals surface area contributed by atoms with E-state index in [0.29, 0.717) is 18.7 Å². The molecule has 0 unspecified atom stereocenters. The Hall–Kier alpha value is -2.08. The summed E-state index contributed by atoms with van der Waals surface area (Å²) in [6, 6.07) is 5.77. The predicted molar refractivity (Wildman–Crippen MR) is 115 cm³/mol. The van der Waals surface area contributed by atoms with Crippen molar-refractivity contribution in [1.29, 1.82) is 0 Å². The molecule has 29 heavy (non-hydrogen) atoms. The van der Waals surface area contributed by atoms with Gasteiger partial charge in [0, 0.05) is 37.8 Å². The Morgan fingerprint density at radius 2 is 1.83 bits per heavy atom. The number of Topliss-reactive ketones (excluding diaryl/α,β-unsaturated/α-hetero) is 1. The molecule has 6 nitrogen and oxygen atoms in total. The second-order valence-electron chi connectivity index (χ2n) is 8.45. The van der Waals surface area contributed by atoms with Crippen molar-refractivity contribution in [3.05, 3.63) is 23.8 Å². The maximum absolute atomic E-state index is 12.6. The van der Waals surface area contributed by atoms with Gasteiger partial charge in [-0.25, -0.2) is 0 Å². The molecule has 2 heterocycles. The van der Waals surface area contributed by atoms with Crippen LogP contribution in [0, 0.1) is 18.8 Å². The van der Waals surface area contributed by atoms with Crippen molar-refractivity contribution in [2.75, 3.05) is 44.6 Å². The highest BCUT2D eigenvalue weighted by atomic mass is 16.5. The van der Waals surface area contributed by atoms with Crippen molar-refractivity contribution in [2.24, 2.45) is 11.8 Å². The third-order valence-corrected chi connectivity index (χ3v) is 6.31. The zero-order valence-electron chi connectivity index (χ0n) is 17.8. The molecule has 1 amide bonds. The van der Waals surface area contributed by atoms with E-state index in [1.54, 1.807) is 6.92 Å². The number of rotatable bonds is 8. The first kappa shape index (κ1) is 21.6. The lowest BCUT2D eigenvalue weighted by molar-refractivity contribution is -0.135. The lowest BCUT2D eigenvalue weighted by Crippen LogP contribution is -2.43. The molecule has 0 bridgehead atoms. The van der Waals surface area contributed by atoms with E-state index in [1.807, 2.05) is 30.0 Å². The van der Waals surface area contributed by atoms with Crippen LogP contribution in [0.2, 0.25) is 0 Å². The molecular weight excluding hydrogens is 366 g/mol. The number of amides is 1. The number of carbonyl (C=O) groups is 2. The largest absolute Gasteiger partial charge is 0.484 e. The van der Waals surface area contributed by atoms with Crippen molar-refractivity contribution in [3.8, 4) is 5.75 Å². The number of aryl methyl sites for hydroxylation is 1. The first-order valence-corrected chi connectivity index (χ1v) is 11.0. The molecule has 160 valence electrons. The van der Waals surface area contributed by atoms with Crippen LogP contribution in [0.15, 0.2) is 18.2 Å². The first-order chi connectivity index (χ1) is 14.0. The van der Waals surface area contributed by atoms with Crippen LogP contribution in [0.1, 0.15) is 44.6 Å². The van der Waals surface area contributed by atoms with E-state index in [2.05, 4.69) is 10.6 Å². The summed E-state index contributed by atoms with van der Waals surface area (Å²) >= 11 is 0. The van der Waals surface area contributed by atoms with Crippen LogP contribution in [0.5, 0.6) is 5.75 Å². The molecule has 0 aliphatic carbocycles. The molecule has 6 heteroatoms. The number of hydrogen-bond acceptors (Lipinski definition) is 5. The smallest absolute Gasteiger partial charge is 0.260 e. The number of ether oxygens (including phenoxy) is 1. The Bertz CT molecular complexity index is 693. The summed E-state index contributed by atoms with van der Waals surface area (Å²) in [6.07, 6.45) is 5.28. The van der Waals surface area contributed by atoms with Gasteiger partial charge in [-0.15, -0.1) is 0 Å². The molecule has 2 fully saturated rings. The van der Waals surface area contributed by atoms with Crippen molar-refractivity contribution >= 4 is 17.4 Å². The summed E-state index contributed by atoms with van der Waals surface area (Å²) in [4.78, 5) is 25.7. The van der Waals surface area contributed by atoms with Crippen LogP contribution < -0.4 is 15.4 Å². The lowest BCUT2D eigenvalue weighted by atomic mass is 9.79. The molecular formula is C23H35N3O3. The highest BCUT2D eigenvalue weighted by Gasteiger charge is 2.29. The molecule has 0 saturated carbocycles. The number of ketones is 1. The number of benzene rings is 1. The van der Waals surface area contributed by atoms with Crippen molar-refractivity contribution in [1.82, 2.24) is 10.2 Å². The third kappa shape index (κ3) is 6.46. The van der Waals surface area contributed by atoms with E-state index in [9.17, 15) is 9.59 Å². The van der Waals surface area contributed by atoms with E-state index in [4.69, 9.17) is 4.74 Å². The van der Waals surface area contributed by atoms with Crippen molar-refractivity contribution in [2.45, 2.75) is 46.0 Å². The molecule has 3 rings (SSSR count). The van der Waals surface area contributed by atoms with Crippen molar-refractivity contribution < 1.29 is 14.3 Å². The first-order valence-electron chi connectivity index (χ1n) is 11.0. The monoisotopic (exact) mass is 401 g/mol. The van der Waals surface area contributed by atoms with Crippen molar-refractivity contribution in [3.63, 3.8) is 0 Å². The van der Waals surface area contributed by atoms with Gasteiger partial charge in [0.1, 0.15) is 11.5 Å². The lowest BCUT2D eigenvalue weighted by Gasteiger charge is -2.37. The standard InChI is InChI=1S/C23H35N3O3/c1-17-3-4-21(15-22(17)25-12-5-18(2)27)29-16-23(28)26-13-8-20(9-14-26)19-6-10-24-11-7-19/h3-4,15,19-20,24-25H,5-14,16H2,1-2H3. The number of nitrogens with one attached hydrogen (secondary N) is 2. The highest BCUT2D eigenvalue weighted by Crippen LogP contribution is 2.31. The van der Waals surface area contributed by atoms with Crippen LogP contribution in [-0.2, 0) is 9.59 Å². The minimum Gasteiger partial charge on any atom is -0.484 e. The molecule has 0 aromatic heterocycles. The Labute approximate surface area is 174 Å². The van der Waals surface area contributed by atoms with Crippen LogP contribution in [0.3, 0.4) is 0 Å². The zero-order valence-corrected chi connectivity index (χ0v) is 17.8. The number of anilines is 1. The van der Waals surface area contributed by atoms with E-state index >= 15 is 0 Å². The number of likely N-dealkylation sites (tertiary alicyclic amines) is 1. The average Bonchev–Trinajstić information content (AvgIpc) is 2.74. The number of nitrogens with zero attached hydrogens (tertiary/aromatic N) is 1. The maximum atomic E-state index is 12.6. The van der Waals surface area contributed by atoms with Gasteiger partial charge in [-0.2, -0.15) is 0 Å². The van der Waals surface area contributed by atoms with Gasteiger partial charge in [0.05, 0.1) is 0 Å². The molecule has 0 atom stereocenters. The summed E-state index contributed by atoms with van der Waals surface area (Å²) in [5, 5.41) is 6.71. The number of carbonyl (C=O) groups excluding carboxylic acids is 2. The fourth-order valence-electron chi connectivity index (χ4n) is 4.43. The maximum Gasteiger partial charge on any atom is 0.260 e. The normalized spacial score (nSPS) is 18.5. The van der Waals surface area contributed by atoms with Gasteiger partial charge < -0.3 is 20.3 Å². The topological polar surface area (TPSA) is 70.7 Å². The molecule has 1 aromatic rings. The van der Waals surface area contributed by atoms with Gasteiger partial charge >= 0.3 is 0 Å². The summed E-state index contributed by atoms with van der Waals surface area (Å²) in [6.45, 7) is 8.26. The molecule has 0 radical (unpaired) electrons. The minimum absolute atomic E-state index is 0.0698. The van der Waals surface area contributed by atoms with E-state index in [-0.39, 0.29) is 18.3 Å². The van der Waals surface area contributed by atoms with Gasteiger partial charge in [-0.1, -0.05) is 6.07 Å². The fraction of sp³-hybridized carbons (Fsp3) is 0.652. The van der Waals surface area contributed by atoms with Gasteiger partial charge in [-0.05, 0) is 76.1 Å². The van der Waals surface area contributed by atoms with E-state index < -0.39 is 0 Å². The second kappa shape index (κ2) is 10.6. The molecule has 0 spiro atoms. The summed E-state index contributed by atoms with van der Waals surface area (Å²) < 4.78 is 5.78.